The standard InChI is InChI=1S/C9H18N2O4/c1-4-15-6-7(2)10-9(14)11(3)5-8(12)13/h7H,4-6H2,1-3H3,(H,10,14)(H,12,13). The van der Waals surface area contributed by atoms with E-state index in [9.17, 15) is 9.59 Å². The quantitative estimate of drug-likeness (QED) is 0.664. The van der Waals surface area contributed by atoms with E-state index in [-0.39, 0.29) is 12.6 Å². The van der Waals surface area contributed by atoms with E-state index in [0.29, 0.717) is 13.2 Å². The number of aliphatic carboxylic acids is 1. The van der Waals surface area contributed by atoms with Gasteiger partial charge in [-0.2, -0.15) is 0 Å². The van der Waals surface area contributed by atoms with Crippen LogP contribution in [0, 0.1) is 0 Å². The van der Waals surface area contributed by atoms with E-state index >= 15 is 0 Å². The summed E-state index contributed by atoms with van der Waals surface area (Å²) in [5.41, 5.74) is 0. The molecule has 2 amide bonds. The smallest absolute Gasteiger partial charge is 0.323 e. The summed E-state index contributed by atoms with van der Waals surface area (Å²) in [4.78, 5) is 22.8. The first-order valence-electron chi connectivity index (χ1n) is 4.78. The average Bonchev–Trinajstić information content (AvgIpc) is 2.13. The predicted octanol–water partition coefficient (Wildman–Crippen LogP) is 0.137. The molecule has 1 atom stereocenters. The number of ether oxygens (including phenoxy) is 1. The number of hydrogen-bond acceptors (Lipinski definition) is 3. The summed E-state index contributed by atoms with van der Waals surface area (Å²) in [5, 5.41) is 11.1. The topological polar surface area (TPSA) is 78.9 Å². The number of hydrogen-bond donors (Lipinski definition) is 2. The molecule has 0 saturated heterocycles. The first-order valence-corrected chi connectivity index (χ1v) is 4.78. The zero-order valence-corrected chi connectivity index (χ0v) is 9.32. The highest BCUT2D eigenvalue weighted by Gasteiger charge is 2.13. The molecule has 0 radical (unpaired) electrons. The van der Waals surface area contributed by atoms with Gasteiger partial charge in [0.1, 0.15) is 6.54 Å². The fourth-order valence-electron chi connectivity index (χ4n) is 0.932. The van der Waals surface area contributed by atoms with E-state index in [0.717, 1.165) is 4.90 Å². The number of carbonyl (C=O) groups is 2. The molecule has 0 fully saturated rings. The van der Waals surface area contributed by atoms with Gasteiger partial charge in [-0.1, -0.05) is 0 Å². The number of carboxylic acid groups (broad SMARTS) is 1. The summed E-state index contributed by atoms with van der Waals surface area (Å²) in [7, 11) is 1.43. The highest BCUT2D eigenvalue weighted by molar-refractivity contribution is 5.79. The van der Waals surface area contributed by atoms with Crippen molar-refractivity contribution >= 4 is 12.0 Å². The SMILES string of the molecule is CCOCC(C)NC(=O)N(C)CC(=O)O. The van der Waals surface area contributed by atoms with E-state index < -0.39 is 12.0 Å². The zero-order chi connectivity index (χ0) is 11.8. The van der Waals surface area contributed by atoms with Gasteiger partial charge in [0.2, 0.25) is 0 Å². The van der Waals surface area contributed by atoms with E-state index in [4.69, 9.17) is 9.84 Å². The van der Waals surface area contributed by atoms with Crippen molar-refractivity contribution in [2.45, 2.75) is 19.9 Å². The molecule has 0 aliphatic rings. The minimum Gasteiger partial charge on any atom is -0.480 e. The minimum atomic E-state index is -1.04. The molecule has 15 heavy (non-hydrogen) atoms. The molecule has 0 aromatic rings. The van der Waals surface area contributed by atoms with Crippen molar-refractivity contribution in [1.82, 2.24) is 10.2 Å². The van der Waals surface area contributed by atoms with Gasteiger partial charge in [-0.25, -0.2) is 4.79 Å². The summed E-state index contributed by atoms with van der Waals surface area (Å²) in [6, 6.07) is -0.543. The Labute approximate surface area is 89.2 Å². The fraction of sp³-hybridized carbons (Fsp3) is 0.778. The molecular weight excluding hydrogens is 200 g/mol. The van der Waals surface area contributed by atoms with Gasteiger partial charge in [0.25, 0.3) is 0 Å². The fourth-order valence-corrected chi connectivity index (χ4v) is 0.932. The van der Waals surface area contributed by atoms with E-state index in [2.05, 4.69) is 5.32 Å². The van der Waals surface area contributed by atoms with Crippen molar-refractivity contribution in [2.24, 2.45) is 0 Å². The van der Waals surface area contributed by atoms with Gasteiger partial charge < -0.3 is 20.1 Å². The largest absolute Gasteiger partial charge is 0.480 e. The highest BCUT2D eigenvalue weighted by atomic mass is 16.5. The second-order valence-electron chi connectivity index (χ2n) is 3.26. The molecule has 0 aromatic heterocycles. The second kappa shape index (κ2) is 7.05. The lowest BCUT2D eigenvalue weighted by molar-refractivity contribution is -0.137. The van der Waals surface area contributed by atoms with Crippen molar-refractivity contribution in [3.63, 3.8) is 0 Å². The summed E-state index contributed by atoms with van der Waals surface area (Å²) in [6.07, 6.45) is 0. The van der Waals surface area contributed by atoms with Crippen LogP contribution in [0.2, 0.25) is 0 Å². The Morgan fingerprint density at radius 1 is 1.53 bits per heavy atom. The van der Waals surface area contributed by atoms with Crippen molar-refractivity contribution in [3.8, 4) is 0 Å². The maximum atomic E-state index is 11.3. The molecule has 6 nitrogen and oxygen atoms in total. The highest BCUT2D eigenvalue weighted by Crippen LogP contribution is 1.89. The lowest BCUT2D eigenvalue weighted by Crippen LogP contribution is -2.45. The summed E-state index contributed by atoms with van der Waals surface area (Å²) >= 11 is 0. The van der Waals surface area contributed by atoms with Crippen LogP contribution in [0.1, 0.15) is 13.8 Å². The Morgan fingerprint density at radius 2 is 2.13 bits per heavy atom. The van der Waals surface area contributed by atoms with E-state index in [1.165, 1.54) is 7.05 Å². The maximum absolute atomic E-state index is 11.3. The second-order valence-corrected chi connectivity index (χ2v) is 3.26. The molecule has 1 unspecified atom stereocenters. The normalized spacial score (nSPS) is 11.9. The van der Waals surface area contributed by atoms with Crippen molar-refractivity contribution in [1.29, 1.82) is 0 Å². The van der Waals surface area contributed by atoms with Gasteiger partial charge >= 0.3 is 12.0 Å². The Balaban J connectivity index is 3.85. The molecule has 0 heterocycles. The number of carboxylic acids is 1. The van der Waals surface area contributed by atoms with Crippen LogP contribution in [-0.2, 0) is 9.53 Å². The minimum absolute atomic E-state index is 0.131. The van der Waals surface area contributed by atoms with Gasteiger partial charge in [0.05, 0.1) is 12.6 Å². The van der Waals surface area contributed by atoms with Crippen LogP contribution in [0.15, 0.2) is 0 Å². The van der Waals surface area contributed by atoms with Crippen LogP contribution in [0.25, 0.3) is 0 Å². The lowest BCUT2D eigenvalue weighted by atomic mass is 10.4. The third-order valence-corrected chi connectivity index (χ3v) is 1.66. The van der Waals surface area contributed by atoms with Crippen molar-refractivity contribution in [3.05, 3.63) is 0 Å². The molecule has 0 rings (SSSR count). The van der Waals surface area contributed by atoms with Crippen LogP contribution >= 0.6 is 0 Å². The maximum Gasteiger partial charge on any atom is 0.323 e. The first kappa shape index (κ1) is 13.7. The molecule has 0 aliphatic heterocycles. The number of amides is 2. The summed E-state index contributed by atoms with van der Waals surface area (Å²) in [5.74, 6) is -1.04. The van der Waals surface area contributed by atoms with Gasteiger partial charge in [0, 0.05) is 13.7 Å². The molecule has 88 valence electrons. The van der Waals surface area contributed by atoms with Crippen molar-refractivity contribution in [2.75, 3.05) is 26.8 Å². The average molecular weight is 218 g/mol. The summed E-state index contributed by atoms with van der Waals surface area (Å²) < 4.78 is 5.11. The Morgan fingerprint density at radius 3 is 2.60 bits per heavy atom. The van der Waals surface area contributed by atoms with Crippen LogP contribution < -0.4 is 5.32 Å². The molecule has 0 bridgehead atoms. The first-order chi connectivity index (χ1) is 6.97. The Hall–Kier alpha value is -1.30. The number of urea groups is 1. The number of rotatable bonds is 6. The van der Waals surface area contributed by atoms with Crippen LogP contribution in [-0.4, -0.2) is 54.9 Å². The monoisotopic (exact) mass is 218 g/mol. The molecule has 0 saturated carbocycles. The van der Waals surface area contributed by atoms with Gasteiger partial charge in [-0.3, -0.25) is 4.79 Å². The van der Waals surface area contributed by atoms with Crippen LogP contribution in [0.4, 0.5) is 4.79 Å². The Bertz CT molecular complexity index is 220. The third-order valence-electron chi connectivity index (χ3n) is 1.66. The number of carbonyl (C=O) groups excluding carboxylic acids is 1. The van der Waals surface area contributed by atoms with Gasteiger partial charge in [-0.15, -0.1) is 0 Å². The van der Waals surface area contributed by atoms with Crippen LogP contribution in [0.5, 0.6) is 0 Å². The molecule has 0 spiro atoms. The molecule has 0 aromatic carbocycles. The lowest BCUT2D eigenvalue weighted by Gasteiger charge is -2.19. The number of likely N-dealkylation sites (N-methyl/N-ethyl adjacent to an activating group) is 1. The molecule has 6 heteroatoms. The van der Waals surface area contributed by atoms with E-state index in [1.807, 2.05) is 6.92 Å². The van der Waals surface area contributed by atoms with Crippen molar-refractivity contribution < 1.29 is 19.4 Å². The molecule has 2 N–H and O–H groups in total. The van der Waals surface area contributed by atoms with E-state index in [1.54, 1.807) is 6.92 Å². The zero-order valence-electron chi connectivity index (χ0n) is 9.32. The summed E-state index contributed by atoms with van der Waals surface area (Å²) in [6.45, 7) is 4.36. The van der Waals surface area contributed by atoms with Gasteiger partial charge in [-0.05, 0) is 13.8 Å². The number of nitrogens with zero attached hydrogens (tertiary/aromatic N) is 1. The predicted molar refractivity (Wildman–Crippen MR) is 54.8 cm³/mol. The Kier molecular flexibility index (Phi) is 6.44. The van der Waals surface area contributed by atoms with Crippen LogP contribution in [0.3, 0.4) is 0 Å². The number of nitrogens with one attached hydrogen (secondary N) is 1. The third kappa shape index (κ3) is 6.73. The molecule has 0 aliphatic carbocycles. The molecular formula is C9H18N2O4. The van der Waals surface area contributed by atoms with Gasteiger partial charge in [0.15, 0.2) is 0 Å².